The Hall–Kier alpha value is -2.98. The lowest BCUT2D eigenvalue weighted by Crippen LogP contribution is -3.00. The molecule has 0 bridgehead atoms. The van der Waals surface area contributed by atoms with E-state index in [-0.39, 0.29) is 30.6 Å². The third-order valence-electron chi connectivity index (χ3n) is 4.22. The molecule has 0 aliphatic heterocycles. The molecule has 0 aliphatic carbocycles. The zero-order valence-corrected chi connectivity index (χ0v) is 16.0. The van der Waals surface area contributed by atoms with Gasteiger partial charge in [-0.3, -0.25) is 9.59 Å². The van der Waals surface area contributed by atoms with Crippen LogP contribution in [0.1, 0.15) is 31.8 Å². The number of pyridine rings is 1. The maximum atomic E-state index is 12.8. The maximum absolute atomic E-state index is 12.8. The van der Waals surface area contributed by atoms with Crippen LogP contribution in [0.2, 0.25) is 0 Å². The van der Waals surface area contributed by atoms with Crippen molar-refractivity contribution in [1.82, 2.24) is 0 Å². The Kier molecular flexibility index (Phi) is 6.85. The van der Waals surface area contributed by atoms with Gasteiger partial charge in [0.15, 0.2) is 12.4 Å². The van der Waals surface area contributed by atoms with Gasteiger partial charge in [0.1, 0.15) is 0 Å². The van der Waals surface area contributed by atoms with Gasteiger partial charge in [0.05, 0.1) is 5.69 Å². The summed E-state index contributed by atoms with van der Waals surface area (Å²) in [6, 6.07) is 18.5. The molecule has 27 heavy (non-hydrogen) atoms. The summed E-state index contributed by atoms with van der Waals surface area (Å²) >= 11 is 0. The first-order chi connectivity index (χ1) is 12.5. The third kappa shape index (κ3) is 5.02. The first-order valence-electron chi connectivity index (χ1n) is 8.49. The van der Waals surface area contributed by atoms with E-state index < -0.39 is 0 Å². The van der Waals surface area contributed by atoms with Crippen LogP contribution in [-0.4, -0.2) is 11.7 Å². The summed E-state index contributed by atoms with van der Waals surface area (Å²) in [7, 11) is 0. The summed E-state index contributed by atoms with van der Waals surface area (Å²) in [6.45, 7) is 4.05. The van der Waals surface area contributed by atoms with Gasteiger partial charge in [0.25, 0.3) is 5.91 Å². The van der Waals surface area contributed by atoms with Crippen molar-refractivity contribution in [3.63, 3.8) is 0 Å². The first kappa shape index (κ1) is 20.3. The largest absolute Gasteiger partial charge is 1.00 e. The van der Waals surface area contributed by atoms with E-state index >= 15 is 0 Å². The van der Waals surface area contributed by atoms with E-state index in [1.807, 2.05) is 79.3 Å². The molecule has 4 nitrogen and oxygen atoms in total. The zero-order valence-electron chi connectivity index (χ0n) is 15.3. The van der Waals surface area contributed by atoms with E-state index in [1.165, 1.54) is 0 Å². The van der Waals surface area contributed by atoms with E-state index in [2.05, 4.69) is 5.32 Å². The molecule has 1 aromatic heterocycles. The molecule has 1 amide bonds. The Morgan fingerprint density at radius 1 is 0.889 bits per heavy atom. The lowest BCUT2D eigenvalue weighted by atomic mass is 10.0. The predicted octanol–water partition coefficient (Wildman–Crippen LogP) is 0.730. The summed E-state index contributed by atoms with van der Waals surface area (Å²) in [5.74, 6) is -0.267. The number of hydrogen-bond donors (Lipinski definition) is 1. The Morgan fingerprint density at radius 2 is 1.59 bits per heavy atom. The van der Waals surface area contributed by atoms with Gasteiger partial charge in [-0.15, -0.1) is 0 Å². The van der Waals surface area contributed by atoms with E-state index in [0.717, 1.165) is 11.1 Å². The number of benzene rings is 2. The maximum Gasteiger partial charge on any atom is 0.255 e. The van der Waals surface area contributed by atoms with Gasteiger partial charge in [0.2, 0.25) is 12.3 Å². The van der Waals surface area contributed by atoms with Crippen molar-refractivity contribution in [2.45, 2.75) is 20.4 Å². The lowest BCUT2D eigenvalue weighted by molar-refractivity contribution is -0.683. The molecule has 2 aromatic carbocycles. The quantitative estimate of drug-likeness (QED) is 0.524. The fourth-order valence-electron chi connectivity index (χ4n) is 2.81. The van der Waals surface area contributed by atoms with Crippen molar-refractivity contribution in [3.05, 3.63) is 95.3 Å². The van der Waals surface area contributed by atoms with Crippen molar-refractivity contribution in [1.29, 1.82) is 0 Å². The number of ketones is 1. The van der Waals surface area contributed by atoms with Crippen LogP contribution in [0.3, 0.4) is 0 Å². The molecular weight excluding hydrogens is 360 g/mol. The molecule has 3 aromatic rings. The van der Waals surface area contributed by atoms with E-state index in [9.17, 15) is 9.59 Å². The lowest BCUT2D eigenvalue weighted by Gasteiger charge is -2.12. The van der Waals surface area contributed by atoms with Crippen molar-refractivity contribution in [3.8, 4) is 0 Å². The molecule has 0 saturated heterocycles. The fourth-order valence-corrected chi connectivity index (χ4v) is 2.81. The number of carbonyl (C=O) groups is 2. The van der Waals surface area contributed by atoms with Gasteiger partial charge < -0.3 is 17.7 Å². The normalized spacial score (nSPS) is 10.0. The average Bonchev–Trinajstić information content (AvgIpc) is 2.63. The van der Waals surface area contributed by atoms with Crippen LogP contribution in [0.4, 0.5) is 5.69 Å². The highest BCUT2D eigenvalue weighted by atomic mass is 35.5. The van der Waals surface area contributed by atoms with Crippen LogP contribution in [-0.2, 0) is 6.54 Å². The van der Waals surface area contributed by atoms with Crippen molar-refractivity contribution in [2.24, 2.45) is 0 Å². The molecule has 1 heterocycles. The standard InChI is InChI=1S/C22H20N2O2.ClH/c1-16-10-11-19(21(25)15-24-12-6-3-7-13-24)20(14-16)23-22(26)18-9-5-4-8-17(18)2;/h3-14H,15H2,1-2H3;1H. The Labute approximate surface area is 165 Å². The van der Waals surface area contributed by atoms with Crippen molar-refractivity contribution >= 4 is 17.4 Å². The van der Waals surface area contributed by atoms with Gasteiger partial charge >= 0.3 is 0 Å². The van der Waals surface area contributed by atoms with Crippen LogP contribution in [0.15, 0.2) is 73.1 Å². The molecule has 0 fully saturated rings. The number of carbonyl (C=O) groups excluding carboxylic acids is 2. The predicted molar refractivity (Wildman–Crippen MR) is 101 cm³/mol. The molecule has 5 heteroatoms. The van der Waals surface area contributed by atoms with E-state index in [0.29, 0.717) is 16.8 Å². The minimum absolute atomic E-state index is 0. The van der Waals surface area contributed by atoms with Gasteiger partial charge in [-0.1, -0.05) is 30.3 Å². The minimum atomic E-state index is -0.213. The van der Waals surface area contributed by atoms with Crippen LogP contribution in [0.25, 0.3) is 0 Å². The molecule has 138 valence electrons. The minimum Gasteiger partial charge on any atom is -1.00 e. The summed E-state index contributed by atoms with van der Waals surface area (Å²) in [4.78, 5) is 25.4. The van der Waals surface area contributed by atoms with Crippen molar-refractivity contribution < 1.29 is 26.6 Å². The summed E-state index contributed by atoms with van der Waals surface area (Å²) in [5, 5.41) is 2.91. The van der Waals surface area contributed by atoms with Crippen LogP contribution in [0, 0.1) is 13.8 Å². The Morgan fingerprint density at radius 3 is 2.30 bits per heavy atom. The molecule has 0 saturated carbocycles. The highest BCUT2D eigenvalue weighted by Crippen LogP contribution is 2.20. The highest BCUT2D eigenvalue weighted by molar-refractivity contribution is 6.09. The van der Waals surface area contributed by atoms with E-state index in [4.69, 9.17) is 0 Å². The highest BCUT2D eigenvalue weighted by Gasteiger charge is 2.18. The second-order valence-electron chi connectivity index (χ2n) is 6.29. The van der Waals surface area contributed by atoms with Gasteiger partial charge in [-0.2, -0.15) is 4.57 Å². The molecule has 3 rings (SSSR count). The number of nitrogens with zero attached hydrogens (tertiary/aromatic N) is 1. The number of aryl methyl sites for hydroxylation is 2. The summed E-state index contributed by atoms with van der Waals surface area (Å²) in [5.41, 5.74) is 3.53. The second kappa shape index (κ2) is 9.10. The number of nitrogens with one attached hydrogen (secondary N) is 1. The monoisotopic (exact) mass is 380 g/mol. The number of Topliss-reactive ketones (excluding diaryl/α,β-unsaturated/α-hetero) is 1. The smallest absolute Gasteiger partial charge is 0.255 e. The topological polar surface area (TPSA) is 50.0 Å². The number of amides is 1. The van der Waals surface area contributed by atoms with Crippen LogP contribution >= 0.6 is 0 Å². The van der Waals surface area contributed by atoms with Crippen LogP contribution in [0.5, 0.6) is 0 Å². The molecule has 0 spiro atoms. The molecule has 1 N–H and O–H groups in total. The number of hydrogen-bond acceptors (Lipinski definition) is 2. The molecule has 0 aliphatic rings. The second-order valence-corrected chi connectivity index (χ2v) is 6.29. The van der Waals surface area contributed by atoms with Crippen molar-refractivity contribution in [2.75, 3.05) is 5.32 Å². The van der Waals surface area contributed by atoms with Gasteiger partial charge in [0, 0.05) is 23.3 Å². The number of aromatic nitrogens is 1. The SMILES string of the molecule is Cc1ccc(C(=O)C[n+]2ccccc2)c(NC(=O)c2ccccc2C)c1.[Cl-]. The number of anilines is 1. The summed E-state index contributed by atoms with van der Waals surface area (Å²) in [6.07, 6.45) is 3.69. The first-order valence-corrected chi connectivity index (χ1v) is 8.49. The Bertz CT molecular complexity index is 956. The average molecular weight is 381 g/mol. The van der Waals surface area contributed by atoms with Gasteiger partial charge in [-0.05, 0) is 43.2 Å². The number of halogens is 1. The molecule has 0 radical (unpaired) electrons. The Balaban J connectivity index is 0.00000261. The molecule has 0 atom stereocenters. The molecular formula is C22H21ClN2O2. The van der Waals surface area contributed by atoms with Gasteiger partial charge in [-0.25, -0.2) is 0 Å². The zero-order chi connectivity index (χ0) is 18.5. The number of rotatable bonds is 5. The van der Waals surface area contributed by atoms with E-state index in [1.54, 1.807) is 12.1 Å². The fraction of sp³-hybridized carbons (Fsp3) is 0.136. The van der Waals surface area contributed by atoms with Crippen LogP contribution < -0.4 is 22.3 Å². The molecule has 0 unspecified atom stereocenters. The summed E-state index contributed by atoms with van der Waals surface area (Å²) < 4.78 is 1.81. The third-order valence-corrected chi connectivity index (χ3v) is 4.22.